The minimum absolute atomic E-state index is 0.367. The van der Waals surface area contributed by atoms with Gasteiger partial charge in [0, 0.05) is 25.7 Å². The van der Waals surface area contributed by atoms with E-state index >= 15 is 0 Å². The average molecular weight is 302 g/mol. The van der Waals surface area contributed by atoms with Gasteiger partial charge in [-0.1, -0.05) is 38.1 Å². The summed E-state index contributed by atoms with van der Waals surface area (Å²) < 4.78 is 0. The van der Waals surface area contributed by atoms with Crippen LogP contribution in [0.2, 0.25) is 0 Å². The minimum atomic E-state index is -0.367. The number of aliphatic hydroxyl groups is 1. The minimum Gasteiger partial charge on any atom is -0.387 e. The van der Waals surface area contributed by atoms with Gasteiger partial charge in [-0.2, -0.15) is 0 Å². The first-order valence-electron chi connectivity index (χ1n) is 8.88. The molecule has 0 bridgehead atoms. The molecule has 1 aromatic rings. The first-order valence-corrected chi connectivity index (χ1v) is 8.88. The van der Waals surface area contributed by atoms with Crippen molar-refractivity contribution in [1.29, 1.82) is 0 Å². The number of β-amino-alcohol motifs (C(OH)–C–C–N with tert-alkyl or cyclic N) is 1. The summed E-state index contributed by atoms with van der Waals surface area (Å²) in [6.07, 6.45) is 3.65. The van der Waals surface area contributed by atoms with Crippen molar-refractivity contribution in [2.75, 3.05) is 32.7 Å². The van der Waals surface area contributed by atoms with Gasteiger partial charge in [0.1, 0.15) is 0 Å². The van der Waals surface area contributed by atoms with E-state index in [-0.39, 0.29) is 6.10 Å². The van der Waals surface area contributed by atoms with E-state index in [9.17, 15) is 5.11 Å². The topological polar surface area (TPSA) is 26.7 Å². The Balaban J connectivity index is 1.53. The van der Waals surface area contributed by atoms with Gasteiger partial charge in [0.2, 0.25) is 0 Å². The molecular formula is C19H30N2O. The first kappa shape index (κ1) is 16.0. The lowest BCUT2D eigenvalue weighted by atomic mass is 10.00. The Labute approximate surface area is 134 Å². The molecule has 0 aromatic heterocycles. The largest absolute Gasteiger partial charge is 0.387 e. The third-order valence-electron chi connectivity index (χ3n) is 5.11. The third-order valence-corrected chi connectivity index (χ3v) is 5.11. The fourth-order valence-electron chi connectivity index (χ4n) is 3.43. The number of aliphatic hydroxyl groups excluding tert-OH is 1. The molecule has 1 atom stereocenters. The molecule has 1 saturated carbocycles. The highest BCUT2D eigenvalue weighted by atomic mass is 16.3. The molecular weight excluding hydrogens is 272 g/mol. The van der Waals surface area contributed by atoms with E-state index in [0.717, 1.165) is 31.2 Å². The molecule has 0 amide bonds. The molecule has 1 aliphatic heterocycles. The van der Waals surface area contributed by atoms with E-state index in [1.807, 2.05) is 0 Å². The fraction of sp³-hybridized carbons (Fsp3) is 0.684. The van der Waals surface area contributed by atoms with Crippen LogP contribution in [0.5, 0.6) is 0 Å². The molecule has 1 aliphatic carbocycles. The fourth-order valence-corrected chi connectivity index (χ4v) is 3.43. The van der Waals surface area contributed by atoms with Crippen molar-refractivity contribution in [3.63, 3.8) is 0 Å². The molecule has 1 N–H and O–H groups in total. The highest BCUT2D eigenvalue weighted by Crippen LogP contribution is 2.27. The molecule has 1 aromatic carbocycles. The summed E-state index contributed by atoms with van der Waals surface area (Å²) in [5, 5.41) is 10.5. The van der Waals surface area contributed by atoms with Crippen molar-refractivity contribution in [2.24, 2.45) is 0 Å². The van der Waals surface area contributed by atoms with Crippen LogP contribution in [-0.2, 0) is 0 Å². The summed E-state index contributed by atoms with van der Waals surface area (Å²) in [7, 11) is 0. The molecule has 1 saturated heterocycles. The van der Waals surface area contributed by atoms with E-state index in [1.54, 1.807) is 0 Å². The molecule has 0 radical (unpaired) electrons. The van der Waals surface area contributed by atoms with E-state index in [1.165, 1.54) is 37.9 Å². The van der Waals surface area contributed by atoms with Crippen LogP contribution in [0.1, 0.15) is 56.3 Å². The van der Waals surface area contributed by atoms with Crippen LogP contribution in [0.25, 0.3) is 0 Å². The average Bonchev–Trinajstić information content (AvgIpc) is 3.34. The lowest BCUT2D eigenvalue weighted by Gasteiger charge is -2.24. The van der Waals surface area contributed by atoms with Gasteiger partial charge in [0.25, 0.3) is 0 Å². The van der Waals surface area contributed by atoms with Crippen molar-refractivity contribution < 1.29 is 5.11 Å². The van der Waals surface area contributed by atoms with Gasteiger partial charge in [0.15, 0.2) is 0 Å². The first-order chi connectivity index (χ1) is 10.6. The smallest absolute Gasteiger partial charge is 0.0916 e. The Bertz CT molecular complexity index is 467. The molecule has 3 heteroatoms. The van der Waals surface area contributed by atoms with Gasteiger partial charge in [-0.25, -0.2) is 0 Å². The van der Waals surface area contributed by atoms with Gasteiger partial charge in [-0.15, -0.1) is 0 Å². The zero-order valence-electron chi connectivity index (χ0n) is 14.0. The SMILES string of the molecule is CC(C)c1ccc(C(O)CN2CCCN(C3CC3)CC2)cc1. The molecule has 1 unspecified atom stereocenters. The maximum Gasteiger partial charge on any atom is 0.0916 e. The Hall–Kier alpha value is -0.900. The molecule has 2 aliphatic rings. The second-order valence-electron chi connectivity index (χ2n) is 7.26. The number of hydrogen-bond acceptors (Lipinski definition) is 3. The zero-order valence-corrected chi connectivity index (χ0v) is 14.0. The zero-order chi connectivity index (χ0) is 15.5. The number of nitrogens with zero attached hydrogens (tertiary/aromatic N) is 2. The van der Waals surface area contributed by atoms with Crippen LogP contribution in [0, 0.1) is 0 Å². The number of benzene rings is 1. The van der Waals surface area contributed by atoms with E-state index in [0.29, 0.717) is 5.92 Å². The number of hydrogen-bond donors (Lipinski definition) is 1. The highest BCUT2D eigenvalue weighted by molar-refractivity contribution is 5.26. The van der Waals surface area contributed by atoms with Crippen molar-refractivity contribution in [3.05, 3.63) is 35.4 Å². The Morgan fingerprint density at radius 1 is 1.00 bits per heavy atom. The van der Waals surface area contributed by atoms with Gasteiger partial charge in [-0.05, 0) is 49.4 Å². The van der Waals surface area contributed by atoms with Crippen LogP contribution >= 0.6 is 0 Å². The lowest BCUT2D eigenvalue weighted by Crippen LogP contribution is -2.34. The monoisotopic (exact) mass is 302 g/mol. The summed E-state index contributed by atoms with van der Waals surface area (Å²) in [6, 6.07) is 9.36. The van der Waals surface area contributed by atoms with E-state index < -0.39 is 0 Å². The molecule has 2 fully saturated rings. The Morgan fingerprint density at radius 2 is 1.68 bits per heavy atom. The van der Waals surface area contributed by atoms with E-state index in [2.05, 4.69) is 47.9 Å². The van der Waals surface area contributed by atoms with Gasteiger partial charge in [0.05, 0.1) is 6.10 Å². The standard InChI is InChI=1S/C19H30N2O/c1-15(2)16-4-6-17(7-5-16)19(22)14-20-10-3-11-21(13-12-20)18-8-9-18/h4-7,15,18-19,22H,3,8-14H2,1-2H3. The molecule has 22 heavy (non-hydrogen) atoms. The quantitative estimate of drug-likeness (QED) is 0.906. The summed E-state index contributed by atoms with van der Waals surface area (Å²) in [5.41, 5.74) is 2.39. The maximum absolute atomic E-state index is 10.5. The third kappa shape index (κ3) is 4.09. The molecule has 122 valence electrons. The van der Waals surface area contributed by atoms with Gasteiger partial charge in [-0.3, -0.25) is 9.80 Å². The van der Waals surface area contributed by atoms with Crippen LogP contribution in [0.4, 0.5) is 0 Å². The van der Waals surface area contributed by atoms with E-state index in [4.69, 9.17) is 0 Å². The Kier molecular flexibility index (Phi) is 5.17. The number of rotatable bonds is 5. The molecule has 1 heterocycles. The lowest BCUT2D eigenvalue weighted by molar-refractivity contribution is 0.114. The maximum atomic E-state index is 10.5. The van der Waals surface area contributed by atoms with Crippen molar-refractivity contribution in [1.82, 2.24) is 9.80 Å². The van der Waals surface area contributed by atoms with Gasteiger partial charge >= 0.3 is 0 Å². The predicted molar refractivity (Wildman–Crippen MR) is 91.1 cm³/mol. The summed E-state index contributed by atoms with van der Waals surface area (Å²) in [4.78, 5) is 5.08. The van der Waals surface area contributed by atoms with Crippen LogP contribution in [-0.4, -0.2) is 53.7 Å². The van der Waals surface area contributed by atoms with Crippen molar-refractivity contribution in [3.8, 4) is 0 Å². The predicted octanol–water partition coefficient (Wildman–Crippen LogP) is 3.01. The van der Waals surface area contributed by atoms with Gasteiger partial charge < -0.3 is 5.11 Å². The van der Waals surface area contributed by atoms with Crippen LogP contribution < -0.4 is 0 Å². The summed E-state index contributed by atoms with van der Waals surface area (Å²) in [6.45, 7) is 9.79. The van der Waals surface area contributed by atoms with Crippen LogP contribution in [0.3, 0.4) is 0 Å². The van der Waals surface area contributed by atoms with Crippen LogP contribution in [0.15, 0.2) is 24.3 Å². The normalized spacial score (nSPS) is 22.7. The summed E-state index contributed by atoms with van der Waals surface area (Å²) in [5.74, 6) is 0.546. The molecule has 3 nitrogen and oxygen atoms in total. The second-order valence-corrected chi connectivity index (χ2v) is 7.26. The summed E-state index contributed by atoms with van der Waals surface area (Å²) >= 11 is 0. The molecule has 0 spiro atoms. The van der Waals surface area contributed by atoms with Crippen molar-refractivity contribution in [2.45, 2.75) is 51.2 Å². The second kappa shape index (κ2) is 7.12. The Morgan fingerprint density at radius 3 is 2.32 bits per heavy atom. The molecule has 3 rings (SSSR count). The highest BCUT2D eigenvalue weighted by Gasteiger charge is 2.30. The van der Waals surface area contributed by atoms with Crippen molar-refractivity contribution >= 4 is 0 Å².